The van der Waals surface area contributed by atoms with E-state index < -0.39 is 6.04 Å². The van der Waals surface area contributed by atoms with Crippen LogP contribution in [0.15, 0.2) is 23.3 Å². The molecule has 78 valence electrons. The Morgan fingerprint density at radius 1 is 1.50 bits per heavy atom. The van der Waals surface area contributed by atoms with E-state index in [0.29, 0.717) is 24.1 Å². The quantitative estimate of drug-likeness (QED) is 0.305. The summed E-state index contributed by atoms with van der Waals surface area (Å²) >= 11 is 0. The lowest BCUT2D eigenvalue weighted by Crippen LogP contribution is -2.25. The lowest BCUT2D eigenvalue weighted by atomic mass is 9.87. The fourth-order valence-electron chi connectivity index (χ4n) is 1.87. The third-order valence-electron chi connectivity index (χ3n) is 2.66. The van der Waals surface area contributed by atoms with Crippen LogP contribution in [0.5, 0.6) is 0 Å². The van der Waals surface area contributed by atoms with Gasteiger partial charge in [0.1, 0.15) is 6.04 Å². The fraction of sp³-hybridized carbons (Fsp3) is 0.273. The lowest BCUT2D eigenvalue weighted by molar-refractivity contribution is 0.0949. The molecule has 0 bridgehead atoms. The number of carbonyl (C=O) groups is 1. The number of nitrogens with zero attached hydrogens (tertiary/aromatic N) is 4. The van der Waals surface area contributed by atoms with Crippen molar-refractivity contribution >= 4 is 11.5 Å². The molecule has 16 heavy (non-hydrogen) atoms. The summed E-state index contributed by atoms with van der Waals surface area (Å²) in [6.07, 6.45) is 1.20. The molecular formula is C11H8N4O. The van der Waals surface area contributed by atoms with Crippen molar-refractivity contribution in [3.63, 3.8) is 0 Å². The van der Waals surface area contributed by atoms with Crippen molar-refractivity contribution in [1.82, 2.24) is 0 Å². The van der Waals surface area contributed by atoms with Gasteiger partial charge in [0.25, 0.3) is 0 Å². The first-order valence-corrected chi connectivity index (χ1v) is 4.85. The van der Waals surface area contributed by atoms with E-state index in [-0.39, 0.29) is 5.78 Å². The zero-order valence-corrected chi connectivity index (χ0v) is 8.42. The van der Waals surface area contributed by atoms with Crippen LogP contribution in [0.1, 0.15) is 22.3 Å². The second kappa shape index (κ2) is 4.05. The molecule has 0 fully saturated rings. The SMILES string of the molecule is [C-]#[N+]c1ccc2c(c1)CCC(N=[N+]=[N-])C2=O. The van der Waals surface area contributed by atoms with Gasteiger partial charge in [-0.3, -0.25) is 4.79 Å². The van der Waals surface area contributed by atoms with Crippen LogP contribution in [-0.2, 0) is 6.42 Å². The number of ketones is 1. The van der Waals surface area contributed by atoms with Gasteiger partial charge in [0.2, 0.25) is 0 Å². The molecule has 0 spiro atoms. The first-order chi connectivity index (χ1) is 7.76. The van der Waals surface area contributed by atoms with Gasteiger partial charge in [-0.1, -0.05) is 23.3 Å². The first kappa shape index (κ1) is 10.2. The molecule has 0 N–H and O–H groups in total. The van der Waals surface area contributed by atoms with Gasteiger partial charge in [-0.15, -0.1) is 0 Å². The molecule has 1 atom stereocenters. The zero-order chi connectivity index (χ0) is 11.5. The molecule has 5 heteroatoms. The van der Waals surface area contributed by atoms with E-state index in [1.165, 1.54) is 0 Å². The van der Waals surface area contributed by atoms with Crippen LogP contribution in [0, 0.1) is 6.57 Å². The maximum atomic E-state index is 11.9. The van der Waals surface area contributed by atoms with Crippen molar-refractivity contribution in [3.8, 4) is 0 Å². The highest BCUT2D eigenvalue weighted by Gasteiger charge is 2.26. The standard InChI is InChI=1S/C11H8N4O/c1-13-8-3-4-9-7(6-8)2-5-10(11(9)16)14-15-12/h3-4,6,10H,2,5H2. The molecule has 1 aromatic rings. The lowest BCUT2D eigenvalue weighted by Gasteiger charge is -2.19. The minimum Gasteiger partial charge on any atom is -0.294 e. The van der Waals surface area contributed by atoms with Crippen LogP contribution in [0.3, 0.4) is 0 Å². The molecule has 1 aromatic carbocycles. The highest BCUT2D eigenvalue weighted by Crippen LogP contribution is 2.27. The van der Waals surface area contributed by atoms with Crippen molar-refractivity contribution in [2.45, 2.75) is 18.9 Å². The van der Waals surface area contributed by atoms with Crippen LogP contribution in [-0.4, -0.2) is 11.8 Å². The molecular weight excluding hydrogens is 204 g/mol. The smallest absolute Gasteiger partial charge is 0.187 e. The summed E-state index contributed by atoms with van der Waals surface area (Å²) in [7, 11) is 0. The minimum absolute atomic E-state index is 0.143. The Morgan fingerprint density at radius 2 is 2.31 bits per heavy atom. The Labute approximate surface area is 92.1 Å². The molecule has 1 unspecified atom stereocenters. The summed E-state index contributed by atoms with van der Waals surface area (Å²) in [6.45, 7) is 6.89. The maximum absolute atomic E-state index is 11.9. The van der Waals surface area contributed by atoms with Gasteiger partial charge in [-0.05, 0) is 23.9 Å². The van der Waals surface area contributed by atoms with E-state index in [2.05, 4.69) is 14.9 Å². The van der Waals surface area contributed by atoms with E-state index in [1.807, 2.05) is 0 Å². The molecule has 0 amide bonds. The van der Waals surface area contributed by atoms with Crippen LogP contribution in [0.2, 0.25) is 0 Å². The Hall–Kier alpha value is -2.31. The number of Topliss-reactive ketones (excluding diaryl/α,β-unsaturated/α-hetero) is 1. The third-order valence-corrected chi connectivity index (χ3v) is 2.66. The topological polar surface area (TPSA) is 70.2 Å². The molecule has 0 saturated heterocycles. The van der Waals surface area contributed by atoms with Crippen LogP contribution in [0.25, 0.3) is 15.3 Å². The highest BCUT2D eigenvalue weighted by molar-refractivity contribution is 6.02. The van der Waals surface area contributed by atoms with Gasteiger partial charge in [0.05, 0.1) is 6.57 Å². The highest BCUT2D eigenvalue weighted by atomic mass is 16.1. The van der Waals surface area contributed by atoms with Gasteiger partial charge in [-0.2, -0.15) is 0 Å². The van der Waals surface area contributed by atoms with Crippen LogP contribution in [0.4, 0.5) is 5.69 Å². The normalized spacial score (nSPS) is 18.2. The number of hydrogen-bond acceptors (Lipinski definition) is 2. The molecule has 1 aliphatic carbocycles. The van der Waals surface area contributed by atoms with Gasteiger partial charge >= 0.3 is 0 Å². The Bertz CT molecular complexity index is 537. The number of benzene rings is 1. The predicted octanol–water partition coefficient (Wildman–Crippen LogP) is 3.05. The van der Waals surface area contributed by atoms with E-state index in [0.717, 1.165) is 5.56 Å². The summed E-state index contributed by atoms with van der Waals surface area (Å²) in [5.74, 6) is -0.143. The number of azide groups is 1. The Kier molecular flexibility index (Phi) is 2.59. The summed E-state index contributed by atoms with van der Waals surface area (Å²) in [6, 6.07) is 4.40. The zero-order valence-electron chi connectivity index (χ0n) is 8.42. The van der Waals surface area contributed by atoms with Gasteiger partial charge in [0.15, 0.2) is 11.5 Å². The van der Waals surface area contributed by atoms with E-state index in [1.54, 1.807) is 18.2 Å². The number of hydrogen-bond donors (Lipinski definition) is 0. The van der Waals surface area contributed by atoms with E-state index >= 15 is 0 Å². The van der Waals surface area contributed by atoms with Crippen molar-refractivity contribution in [2.24, 2.45) is 5.11 Å². The van der Waals surface area contributed by atoms with E-state index in [9.17, 15) is 4.79 Å². The van der Waals surface area contributed by atoms with Gasteiger partial charge in [-0.25, -0.2) is 4.85 Å². The monoisotopic (exact) mass is 212 g/mol. The van der Waals surface area contributed by atoms with Crippen molar-refractivity contribution < 1.29 is 4.79 Å². The molecule has 0 heterocycles. The largest absolute Gasteiger partial charge is 0.294 e. The summed E-state index contributed by atoms with van der Waals surface area (Å²) in [4.78, 5) is 17.9. The summed E-state index contributed by atoms with van der Waals surface area (Å²) in [5.41, 5.74) is 10.3. The van der Waals surface area contributed by atoms with E-state index in [4.69, 9.17) is 12.1 Å². The molecule has 0 radical (unpaired) electrons. The van der Waals surface area contributed by atoms with Crippen LogP contribution < -0.4 is 0 Å². The third kappa shape index (κ3) is 1.62. The predicted molar refractivity (Wildman–Crippen MR) is 58.3 cm³/mol. The minimum atomic E-state index is -0.587. The maximum Gasteiger partial charge on any atom is 0.187 e. The van der Waals surface area contributed by atoms with Gasteiger partial charge < -0.3 is 0 Å². The second-order valence-electron chi connectivity index (χ2n) is 3.58. The number of aryl methyl sites for hydroxylation is 1. The number of carbonyl (C=O) groups excluding carboxylic acids is 1. The van der Waals surface area contributed by atoms with Crippen LogP contribution >= 0.6 is 0 Å². The van der Waals surface area contributed by atoms with Crippen molar-refractivity contribution in [3.05, 3.63) is 51.2 Å². The molecule has 5 nitrogen and oxygen atoms in total. The average molecular weight is 212 g/mol. The Morgan fingerprint density at radius 3 is 3.00 bits per heavy atom. The summed E-state index contributed by atoms with van der Waals surface area (Å²) in [5, 5.41) is 3.48. The number of fused-ring (bicyclic) bond motifs is 1. The van der Waals surface area contributed by atoms with Gasteiger partial charge in [0, 0.05) is 10.5 Å². The summed E-state index contributed by atoms with van der Waals surface area (Å²) < 4.78 is 0. The van der Waals surface area contributed by atoms with Crippen molar-refractivity contribution in [2.75, 3.05) is 0 Å². The average Bonchev–Trinajstić information content (AvgIpc) is 2.32. The van der Waals surface area contributed by atoms with Crippen molar-refractivity contribution in [1.29, 1.82) is 0 Å². The fourth-order valence-corrected chi connectivity index (χ4v) is 1.87. The second-order valence-corrected chi connectivity index (χ2v) is 3.58. The molecule has 1 aliphatic rings. The molecule has 0 saturated carbocycles. The first-order valence-electron chi connectivity index (χ1n) is 4.85. The molecule has 0 aromatic heterocycles. The Balaban J connectivity index is 2.43. The molecule has 2 rings (SSSR count). The number of rotatable bonds is 1. The molecule has 0 aliphatic heterocycles.